The van der Waals surface area contributed by atoms with E-state index in [0.717, 1.165) is 0 Å². The molecule has 0 N–H and O–H groups in total. The maximum absolute atomic E-state index is 11.8. The van der Waals surface area contributed by atoms with Gasteiger partial charge >= 0.3 is 0 Å². The van der Waals surface area contributed by atoms with Crippen molar-refractivity contribution in [3.05, 3.63) is 33.9 Å². The first-order chi connectivity index (χ1) is 7.47. The molecular weight excluding hydrogens is 210 g/mol. The first kappa shape index (κ1) is 12.4. The number of methoxy groups -OCH3 is 1. The number of nitrogens with zero attached hydrogens (tertiary/aromatic N) is 1. The highest BCUT2D eigenvalue weighted by Crippen LogP contribution is 2.32. The summed E-state index contributed by atoms with van der Waals surface area (Å²) < 4.78 is 4.89. The van der Waals surface area contributed by atoms with Crippen molar-refractivity contribution in [2.45, 2.75) is 20.0 Å². The van der Waals surface area contributed by atoms with Crippen LogP contribution in [0.3, 0.4) is 0 Å². The fourth-order valence-electron chi connectivity index (χ4n) is 1.41. The van der Waals surface area contributed by atoms with Crippen LogP contribution in [0.2, 0.25) is 0 Å². The van der Waals surface area contributed by atoms with E-state index in [1.165, 1.54) is 19.2 Å². The summed E-state index contributed by atoms with van der Waals surface area (Å²) >= 11 is 0. The molecule has 1 rings (SSSR count). The van der Waals surface area contributed by atoms with Gasteiger partial charge in [0.2, 0.25) is 0 Å². The highest BCUT2D eigenvalue weighted by molar-refractivity contribution is 5.47. The third-order valence-electron chi connectivity index (χ3n) is 2.35. The largest absolute Gasteiger partial charge is 0.497 e. The third-order valence-corrected chi connectivity index (χ3v) is 2.35. The van der Waals surface area contributed by atoms with Gasteiger partial charge in [-0.2, -0.15) is 0 Å². The molecule has 1 radical (unpaired) electrons. The molecule has 0 aliphatic heterocycles. The summed E-state index contributed by atoms with van der Waals surface area (Å²) in [6, 6.07) is 4.31. The average molecular weight is 224 g/mol. The molecule has 87 valence electrons. The van der Waals surface area contributed by atoms with E-state index in [4.69, 9.17) is 4.74 Å². The molecule has 0 aliphatic carbocycles. The van der Waals surface area contributed by atoms with Crippen molar-refractivity contribution >= 4 is 5.69 Å². The molecule has 1 aromatic carbocycles. The average Bonchev–Trinajstić information content (AvgIpc) is 2.26. The lowest BCUT2D eigenvalue weighted by molar-refractivity contribution is -0.386. The SMILES string of the molecule is COc1ccc(C([O])C(C)C)c([N+](=O)[O-])c1. The van der Waals surface area contributed by atoms with Gasteiger partial charge in [0, 0.05) is 0 Å². The van der Waals surface area contributed by atoms with Gasteiger partial charge in [-0.3, -0.25) is 10.1 Å². The van der Waals surface area contributed by atoms with E-state index in [9.17, 15) is 15.2 Å². The van der Waals surface area contributed by atoms with Gasteiger partial charge in [0.15, 0.2) is 0 Å². The first-order valence-electron chi connectivity index (χ1n) is 4.95. The molecule has 1 unspecified atom stereocenters. The summed E-state index contributed by atoms with van der Waals surface area (Å²) in [6.45, 7) is 3.48. The van der Waals surface area contributed by atoms with Crippen LogP contribution in [0.5, 0.6) is 5.75 Å². The Bertz CT molecular complexity index is 390. The number of rotatable bonds is 4. The molecule has 0 amide bonds. The van der Waals surface area contributed by atoms with Crippen molar-refractivity contribution in [3.8, 4) is 5.75 Å². The van der Waals surface area contributed by atoms with E-state index >= 15 is 0 Å². The number of hydrogen-bond acceptors (Lipinski definition) is 3. The maximum Gasteiger partial charge on any atom is 0.279 e. The highest BCUT2D eigenvalue weighted by atomic mass is 16.6. The predicted octanol–water partition coefficient (Wildman–Crippen LogP) is 2.73. The number of hydrogen-bond donors (Lipinski definition) is 0. The van der Waals surface area contributed by atoms with E-state index in [-0.39, 0.29) is 17.2 Å². The van der Waals surface area contributed by atoms with Crippen LogP contribution < -0.4 is 4.74 Å². The fraction of sp³-hybridized carbons (Fsp3) is 0.455. The van der Waals surface area contributed by atoms with Crippen LogP contribution >= 0.6 is 0 Å². The van der Waals surface area contributed by atoms with Crippen molar-refractivity contribution in [1.82, 2.24) is 0 Å². The van der Waals surface area contributed by atoms with Crippen LogP contribution in [0.4, 0.5) is 5.69 Å². The molecule has 0 aliphatic rings. The van der Waals surface area contributed by atoms with Crippen LogP contribution in [-0.2, 0) is 5.11 Å². The predicted molar refractivity (Wildman–Crippen MR) is 57.9 cm³/mol. The molecule has 16 heavy (non-hydrogen) atoms. The smallest absolute Gasteiger partial charge is 0.279 e. The molecule has 1 atom stereocenters. The van der Waals surface area contributed by atoms with Gasteiger partial charge < -0.3 is 4.74 Å². The second-order valence-corrected chi connectivity index (χ2v) is 3.85. The number of nitro benzene ring substituents is 1. The van der Waals surface area contributed by atoms with Gasteiger partial charge in [-0.1, -0.05) is 13.8 Å². The Morgan fingerprint density at radius 2 is 2.00 bits per heavy atom. The number of ether oxygens (including phenoxy) is 1. The summed E-state index contributed by atoms with van der Waals surface area (Å²) in [4.78, 5) is 10.3. The standard InChI is InChI=1S/C11H14NO4/c1-7(2)11(13)9-5-4-8(16-3)6-10(9)12(14)15/h4-7,11H,1-3H3. The molecule has 0 saturated heterocycles. The Morgan fingerprint density at radius 3 is 2.44 bits per heavy atom. The zero-order valence-corrected chi connectivity index (χ0v) is 9.47. The molecule has 5 nitrogen and oxygen atoms in total. The quantitative estimate of drug-likeness (QED) is 0.583. The van der Waals surface area contributed by atoms with E-state index in [0.29, 0.717) is 5.75 Å². The minimum Gasteiger partial charge on any atom is -0.497 e. The van der Waals surface area contributed by atoms with Crippen molar-refractivity contribution in [2.24, 2.45) is 5.92 Å². The maximum atomic E-state index is 11.8. The van der Waals surface area contributed by atoms with E-state index in [2.05, 4.69) is 0 Å². The second kappa shape index (κ2) is 4.94. The van der Waals surface area contributed by atoms with Crippen molar-refractivity contribution in [3.63, 3.8) is 0 Å². The van der Waals surface area contributed by atoms with Gasteiger partial charge in [-0.25, -0.2) is 5.11 Å². The number of nitro groups is 1. The monoisotopic (exact) mass is 224 g/mol. The zero-order chi connectivity index (χ0) is 12.3. The summed E-state index contributed by atoms with van der Waals surface area (Å²) in [5, 5.41) is 22.6. The molecule has 0 heterocycles. The highest BCUT2D eigenvalue weighted by Gasteiger charge is 2.24. The van der Waals surface area contributed by atoms with Crippen molar-refractivity contribution < 1.29 is 14.8 Å². The van der Waals surface area contributed by atoms with Crippen LogP contribution in [-0.4, -0.2) is 12.0 Å². The van der Waals surface area contributed by atoms with Gasteiger partial charge in [0.1, 0.15) is 11.9 Å². The Balaban J connectivity index is 3.23. The molecule has 0 saturated carbocycles. The van der Waals surface area contributed by atoms with E-state index in [1.54, 1.807) is 19.9 Å². The summed E-state index contributed by atoms with van der Waals surface area (Å²) in [5.41, 5.74) is 0.0360. The van der Waals surface area contributed by atoms with Crippen LogP contribution in [0.1, 0.15) is 25.5 Å². The second-order valence-electron chi connectivity index (χ2n) is 3.85. The molecule has 1 aromatic rings. The van der Waals surface area contributed by atoms with Gasteiger partial charge in [-0.05, 0) is 18.1 Å². The minimum atomic E-state index is -1.09. The lowest BCUT2D eigenvalue weighted by Gasteiger charge is -2.13. The summed E-state index contributed by atoms with van der Waals surface area (Å²) in [5.74, 6) is 0.193. The van der Waals surface area contributed by atoms with Crippen LogP contribution in [0.25, 0.3) is 0 Å². The Labute approximate surface area is 93.8 Å². The van der Waals surface area contributed by atoms with Gasteiger partial charge in [-0.15, -0.1) is 0 Å². The number of benzene rings is 1. The third kappa shape index (κ3) is 2.49. The molecule has 0 bridgehead atoms. The molecule has 0 fully saturated rings. The molecule has 5 heteroatoms. The topological polar surface area (TPSA) is 72.3 Å². The van der Waals surface area contributed by atoms with Crippen LogP contribution in [0.15, 0.2) is 18.2 Å². The molecule has 0 aromatic heterocycles. The lowest BCUT2D eigenvalue weighted by atomic mass is 9.97. The molecule has 0 spiro atoms. The van der Waals surface area contributed by atoms with E-state index < -0.39 is 11.0 Å². The van der Waals surface area contributed by atoms with Gasteiger partial charge in [0.25, 0.3) is 5.69 Å². The van der Waals surface area contributed by atoms with Gasteiger partial charge in [0.05, 0.1) is 23.7 Å². The van der Waals surface area contributed by atoms with E-state index in [1.807, 2.05) is 0 Å². The first-order valence-corrected chi connectivity index (χ1v) is 4.95. The fourth-order valence-corrected chi connectivity index (χ4v) is 1.41. The normalized spacial score (nSPS) is 12.6. The lowest BCUT2D eigenvalue weighted by Crippen LogP contribution is -2.07. The van der Waals surface area contributed by atoms with Crippen molar-refractivity contribution in [1.29, 1.82) is 0 Å². The molecular formula is C11H14NO4. The Kier molecular flexibility index (Phi) is 3.84. The summed E-state index contributed by atoms with van der Waals surface area (Å²) in [6.07, 6.45) is -1.09. The van der Waals surface area contributed by atoms with Crippen molar-refractivity contribution in [2.75, 3.05) is 7.11 Å². The van der Waals surface area contributed by atoms with Crippen LogP contribution in [0, 0.1) is 16.0 Å². The summed E-state index contributed by atoms with van der Waals surface area (Å²) in [7, 11) is 1.43. The minimum absolute atomic E-state index is 0.173. The zero-order valence-electron chi connectivity index (χ0n) is 9.47. The Morgan fingerprint density at radius 1 is 1.38 bits per heavy atom. The Hall–Kier alpha value is -1.62.